The molecule has 0 saturated carbocycles. The van der Waals surface area contributed by atoms with Gasteiger partial charge in [0.15, 0.2) is 0 Å². The molecule has 1 atom stereocenters. The van der Waals surface area contributed by atoms with Crippen LogP contribution in [0.1, 0.15) is 37.5 Å². The van der Waals surface area contributed by atoms with Crippen LogP contribution in [0.25, 0.3) is 0 Å². The highest BCUT2D eigenvalue weighted by molar-refractivity contribution is 5.81. The van der Waals surface area contributed by atoms with Crippen molar-refractivity contribution in [3.8, 4) is 5.75 Å². The first-order chi connectivity index (χ1) is 15.0. The van der Waals surface area contributed by atoms with E-state index in [1.54, 1.807) is 32.9 Å². The minimum atomic E-state index is -0.943. The molecular weight excluding hydrogens is 416 g/mol. The highest BCUT2D eigenvalue weighted by Crippen LogP contribution is 2.25. The summed E-state index contributed by atoms with van der Waals surface area (Å²) in [5, 5.41) is 10.0. The Balaban J connectivity index is 2.34. The third kappa shape index (κ3) is 7.26. The second-order valence-corrected chi connectivity index (χ2v) is 8.25. The molecule has 2 aromatic rings. The summed E-state index contributed by atoms with van der Waals surface area (Å²) >= 11 is 0. The molecule has 0 aliphatic carbocycles. The van der Waals surface area contributed by atoms with Crippen molar-refractivity contribution in [3.05, 3.63) is 75.3 Å². The smallest absolute Gasteiger partial charge is 0.410 e. The topological polar surface area (TPSA) is 108 Å². The van der Waals surface area contributed by atoms with Gasteiger partial charge in [-0.3, -0.25) is 9.74 Å². The van der Waals surface area contributed by atoms with Crippen LogP contribution in [0.15, 0.2) is 48.5 Å². The average Bonchev–Trinajstić information content (AvgIpc) is 2.72. The standard InChI is InChI=1S/C23H28N2O7/c1-23(2,3)31-22(27)24(4)19(21(26)30-5)15-17-11-12-20(32-25(28)29)18(14-17)13-16-9-7-6-8-10-16/h6-12,14,19H,13,15H2,1-5H3/t19-/m0/s1. The Kier molecular flexibility index (Phi) is 8.17. The fourth-order valence-corrected chi connectivity index (χ4v) is 3.08. The molecule has 0 aliphatic heterocycles. The summed E-state index contributed by atoms with van der Waals surface area (Å²) in [4.78, 5) is 41.8. The molecule has 0 heterocycles. The Bertz CT molecular complexity index is 955. The first-order valence-corrected chi connectivity index (χ1v) is 10.0. The fourth-order valence-electron chi connectivity index (χ4n) is 3.08. The van der Waals surface area contributed by atoms with E-state index in [1.807, 2.05) is 30.3 Å². The maximum absolute atomic E-state index is 12.5. The minimum absolute atomic E-state index is 0.109. The summed E-state index contributed by atoms with van der Waals surface area (Å²) in [7, 11) is 2.71. The van der Waals surface area contributed by atoms with E-state index in [-0.39, 0.29) is 12.2 Å². The Morgan fingerprint density at radius 3 is 2.31 bits per heavy atom. The van der Waals surface area contributed by atoms with Crippen LogP contribution in [-0.4, -0.2) is 47.8 Å². The van der Waals surface area contributed by atoms with Crippen molar-refractivity contribution in [2.24, 2.45) is 0 Å². The predicted molar refractivity (Wildman–Crippen MR) is 117 cm³/mol. The summed E-state index contributed by atoms with van der Waals surface area (Å²) in [6.45, 7) is 5.20. The molecule has 0 aromatic heterocycles. The van der Waals surface area contributed by atoms with Crippen molar-refractivity contribution >= 4 is 12.1 Å². The molecule has 9 heteroatoms. The zero-order valence-electron chi connectivity index (χ0n) is 18.9. The fraction of sp³-hybridized carbons (Fsp3) is 0.391. The van der Waals surface area contributed by atoms with Gasteiger partial charge in [0, 0.05) is 13.5 Å². The van der Waals surface area contributed by atoms with E-state index >= 15 is 0 Å². The van der Waals surface area contributed by atoms with Gasteiger partial charge in [-0.05, 0) is 49.9 Å². The van der Waals surface area contributed by atoms with E-state index in [9.17, 15) is 19.7 Å². The zero-order chi connectivity index (χ0) is 23.9. The number of methoxy groups -OCH3 is 1. The lowest BCUT2D eigenvalue weighted by atomic mass is 9.98. The molecule has 2 aromatic carbocycles. The number of esters is 1. The molecule has 2 rings (SSSR count). The minimum Gasteiger partial charge on any atom is -0.467 e. The molecule has 32 heavy (non-hydrogen) atoms. The number of likely N-dealkylation sites (N-methyl/N-ethyl adjacent to an activating group) is 1. The van der Waals surface area contributed by atoms with Crippen molar-refractivity contribution in [1.29, 1.82) is 0 Å². The van der Waals surface area contributed by atoms with Crippen LogP contribution in [0.4, 0.5) is 4.79 Å². The van der Waals surface area contributed by atoms with Crippen LogP contribution in [0.2, 0.25) is 0 Å². The van der Waals surface area contributed by atoms with Crippen LogP contribution in [0.5, 0.6) is 5.75 Å². The van der Waals surface area contributed by atoms with E-state index in [4.69, 9.17) is 14.3 Å². The molecule has 0 unspecified atom stereocenters. The Morgan fingerprint density at radius 2 is 1.75 bits per heavy atom. The van der Waals surface area contributed by atoms with Crippen LogP contribution < -0.4 is 4.84 Å². The molecule has 9 nitrogen and oxygen atoms in total. The molecule has 0 bridgehead atoms. The number of hydrogen-bond acceptors (Lipinski definition) is 7. The first kappa shape index (κ1) is 24.6. The Morgan fingerprint density at radius 1 is 1.09 bits per heavy atom. The monoisotopic (exact) mass is 444 g/mol. The van der Waals surface area contributed by atoms with E-state index in [0.717, 1.165) is 5.56 Å². The van der Waals surface area contributed by atoms with Crippen molar-refractivity contribution in [1.82, 2.24) is 4.90 Å². The number of carbonyl (C=O) groups excluding carboxylic acids is 2. The number of benzene rings is 2. The van der Waals surface area contributed by atoms with E-state index in [2.05, 4.69) is 0 Å². The van der Waals surface area contributed by atoms with Gasteiger partial charge in [-0.1, -0.05) is 42.5 Å². The maximum Gasteiger partial charge on any atom is 0.410 e. The SMILES string of the molecule is COC(=O)[C@H](Cc1ccc(O[N+](=O)[O-])c(Cc2ccccc2)c1)N(C)C(=O)OC(C)(C)C. The molecule has 0 N–H and O–H groups in total. The zero-order valence-corrected chi connectivity index (χ0v) is 18.9. The lowest BCUT2D eigenvalue weighted by Gasteiger charge is -2.29. The maximum atomic E-state index is 12.5. The van der Waals surface area contributed by atoms with E-state index in [1.165, 1.54) is 25.1 Å². The number of carbonyl (C=O) groups is 2. The van der Waals surface area contributed by atoms with Gasteiger partial charge < -0.3 is 9.47 Å². The summed E-state index contributed by atoms with van der Waals surface area (Å²) in [6.07, 6.45) is -0.142. The quantitative estimate of drug-likeness (QED) is 0.346. The first-order valence-electron chi connectivity index (χ1n) is 10.0. The molecule has 0 radical (unpaired) electrons. The number of ether oxygens (including phenoxy) is 2. The van der Waals surface area contributed by atoms with Gasteiger partial charge in [0.25, 0.3) is 5.09 Å². The van der Waals surface area contributed by atoms with Gasteiger partial charge in [-0.25, -0.2) is 9.59 Å². The average molecular weight is 444 g/mol. The van der Waals surface area contributed by atoms with E-state index < -0.39 is 28.8 Å². The molecular formula is C23H28N2O7. The highest BCUT2D eigenvalue weighted by Gasteiger charge is 2.31. The predicted octanol–water partition coefficient (Wildman–Crippen LogP) is 3.80. The number of hydrogen-bond donors (Lipinski definition) is 0. The summed E-state index contributed by atoms with van der Waals surface area (Å²) in [5.74, 6) is -0.494. The van der Waals surface area contributed by atoms with E-state index in [0.29, 0.717) is 17.5 Å². The number of nitrogens with zero attached hydrogens (tertiary/aromatic N) is 2. The highest BCUT2D eigenvalue weighted by atomic mass is 17.0. The number of rotatable bonds is 8. The van der Waals surface area contributed by atoms with Gasteiger partial charge in [-0.2, -0.15) is 0 Å². The van der Waals surface area contributed by atoms with Crippen molar-refractivity contribution in [3.63, 3.8) is 0 Å². The Labute approximate surface area is 187 Å². The Hall–Kier alpha value is -3.62. The molecule has 0 aliphatic rings. The molecule has 172 valence electrons. The lowest BCUT2D eigenvalue weighted by Crippen LogP contribution is -2.46. The van der Waals surface area contributed by atoms with Crippen molar-refractivity contribution in [2.45, 2.75) is 45.3 Å². The van der Waals surface area contributed by atoms with Crippen LogP contribution in [-0.2, 0) is 27.1 Å². The van der Waals surface area contributed by atoms with Gasteiger partial charge in [0.1, 0.15) is 17.4 Å². The third-order valence-corrected chi connectivity index (χ3v) is 4.59. The second kappa shape index (κ2) is 10.6. The van der Waals surface area contributed by atoms with Gasteiger partial charge in [0.05, 0.1) is 7.11 Å². The number of amides is 1. The molecule has 0 spiro atoms. The largest absolute Gasteiger partial charge is 0.467 e. The van der Waals surface area contributed by atoms with Gasteiger partial charge in [-0.15, -0.1) is 10.1 Å². The second-order valence-electron chi connectivity index (χ2n) is 8.25. The van der Waals surface area contributed by atoms with Crippen LogP contribution in [0, 0.1) is 10.1 Å². The third-order valence-electron chi connectivity index (χ3n) is 4.59. The normalized spacial score (nSPS) is 11.9. The molecule has 1 amide bonds. The summed E-state index contributed by atoms with van der Waals surface area (Å²) < 4.78 is 10.2. The van der Waals surface area contributed by atoms with Gasteiger partial charge in [0.2, 0.25) is 0 Å². The molecule has 0 fully saturated rings. The summed E-state index contributed by atoms with van der Waals surface area (Å²) in [5.41, 5.74) is 1.47. The molecule has 0 saturated heterocycles. The summed E-state index contributed by atoms with van der Waals surface area (Å²) in [6, 6.07) is 13.3. The van der Waals surface area contributed by atoms with Gasteiger partial charge >= 0.3 is 12.1 Å². The van der Waals surface area contributed by atoms with Crippen molar-refractivity contribution < 1.29 is 29.0 Å². The van der Waals surface area contributed by atoms with Crippen LogP contribution in [0.3, 0.4) is 0 Å². The lowest BCUT2D eigenvalue weighted by molar-refractivity contribution is -0.711. The van der Waals surface area contributed by atoms with Crippen LogP contribution >= 0.6 is 0 Å². The van der Waals surface area contributed by atoms with Crippen molar-refractivity contribution in [2.75, 3.05) is 14.2 Å².